The van der Waals surface area contributed by atoms with Gasteiger partial charge in [-0.3, -0.25) is 9.59 Å². The zero-order valence-electron chi connectivity index (χ0n) is 12.2. The normalized spacial score (nSPS) is 10.5. The summed E-state index contributed by atoms with van der Waals surface area (Å²) in [6.07, 6.45) is 0. The number of nitrogens with zero attached hydrogens (tertiary/aromatic N) is 4. The number of carboxylic acid groups (broad SMARTS) is 1. The van der Waals surface area contributed by atoms with E-state index >= 15 is 0 Å². The van der Waals surface area contributed by atoms with Crippen molar-refractivity contribution in [2.45, 2.75) is 13.5 Å². The predicted molar refractivity (Wildman–Crippen MR) is 74.9 cm³/mol. The number of rotatable bonds is 5. The molecule has 0 bridgehead atoms. The van der Waals surface area contributed by atoms with Gasteiger partial charge < -0.3 is 10.0 Å². The number of halogens is 1. The number of hydrogen-bond acceptors (Lipinski definition) is 4. The summed E-state index contributed by atoms with van der Waals surface area (Å²) in [5, 5.41) is 16.4. The van der Waals surface area contributed by atoms with E-state index in [0.717, 1.165) is 10.5 Å². The van der Waals surface area contributed by atoms with E-state index in [-0.39, 0.29) is 11.5 Å². The van der Waals surface area contributed by atoms with Crippen molar-refractivity contribution in [1.82, 2.24) is 19.9 Å². The first-order valence-corrected chi connectivity index (χ1v) is 6.50. The maximum atomic E-state index is 12.9. The van der Waals surface area contributed by atoms with Crippen LogP contribution in [0.25, 0.3) is 0 Å². The average molecular weight is 306 g/mol. The Balaban J connectivity index is 2.16. The van der Waals surface area contributed by atoms with Crippen LogP contribution in [-0.4, -0.2) is 50.5 Å². The standard InChI is InChI=1S/C14H15FN4O3/c1-9-13(14(22)18(2)8-12(20)21)16-17-19(9)7-10-3-5-11(15)6-4-10/h3-6H,7-8H2,1-2H3,(H,20,21). The van der Waals surface area contributed by atoms with Gasteiger partial charge >= 0.3 is 5.97 Å². The molecule has 0 radical (unpaired) electrons. The summed E-state index contributed by atoms with van der Waals surface area (Å²) >= 11 is 0. The molecule has 0 spiro atoms. The van der Waals surface area contributed by atoms with Crippen LogP contribution in [0.15, 0.2) is 24.3 Å². The number of benzene rings is 1. The molecule has 1 N–H and O–H groups in total. The lowest BCUT2D eigenvalue weighted by Gasteiger charge is -2.13. The van der Waals surface area contributed by atoms with Gasteiger partial charge in [-0.25, -0.2) is 9.07 Å². The van der Waals surface area contributed by atoms with Crippen LogP contribution in [0.1, 0.15) is 21.7 Å². The van der Waals surface area contributed by atoms with E-state index in [2.05, 4.69) is 10.3 Å². The van der Waals surface area contributed by atoms with Crippen LogP contribution in [0, 0.1) is 12.7 Å². The Kier molecular flexibility index (Phi) is 4.50. The molecule has 0 aliphatic carbocycles. The second-order valence-electron chi connectivity index (χ2n) is 4.86. The highest BCUT2D eigenvalue weighted by atomic mass is 19.1. The first-order valence-electron chi connectivity index (χ1n) is 6.50. The first kappa shape index (κ1) is 15.6. The molecule has 1 aromatic heterocycles. The van der Waals surface area contributed by atoms with Crippen molar-refractivity contribution >= 4 is 11.9 Å². The molecule has 116 valence electrons. The molecule has 8 heteroatoms. The molecule has 2 aromatic rings. The minimum atomic E-state index is -1.10. The lowest BCUT2D eigenvalue weighted by atomic mass is 10.2. The molecule has 0 saturated carbocycles. The Labute approximate surface area is 126 Å². The minimum absolute atomic E-state index is 0.103. The van der Waals surface area contributed by atoms with Crippen LogP contribution in [0.3, 0.4) is 0 Å². The fourth-order valence-corrected chi connectivity index (χ4v) is 1.93. The number of aliphatic carboxylic acids is 1. The molecule has 0 fully saturated rings. The second kappa shape index (κ2) is 6.33. The zero-order valence-corrected chi connectivity index (χ0v) is 12.2. The molecule has 0 aliphatic rings. The fraction of sp³-hybridized carbons (Fsp3) is 0.286. The molecule has 22 heavy (non-hydrogen) atoms. The summed E-state index contributed by atoms with van der Waals surface area (Å²) in [6.45, 7) is 1.60. The zero-order chi connectivity index (χ0) is 16.3. The van der Waals surface area contributed by atoms with Gasteiger partial charge in [0.1, 0.15) is 12.4 Å². The van der Waals surface area contributed by atoms with Crippen molar-refractivity contribution in [1.29, 1.82) is 0 Å². The molecule has 7 nitrogen and oxygen atoms in total. The third-order valence-corrected chi connectivity index (χ3v) is 3.15. The van der Waals surface area contributed by atoms with Gasteiger partial charge in [-0.1, -0.05) is 17.3 Å². The van der Waals surface area contributed by atoms with Crippen LogP contribution >= 0.6 is 0 Å². The second-order valence-corrected chi connectivity index (χ2v) is 4.86. The number of carbonyl (C=O) groups excluding carboxylic acids is 1. The molecule has 0 aliphatic heterocycles. The van der Waals surface area contributed by atoms with E-state index in [0.29, 0.717) is 12.2 Å². The lowest BCUT2D eigenvalue weighted by Crippen LogP contribution is -2.32. The fourth-order valence-electron chi connectivity index (χ4n) is 1.93. The molecule has 0 atom stereocenters. The Hall–Kier alpha value is -2.77. The van der Waals surface area contributed by atoms with Crippen molar-refractivity contribution in [3.8, 4) is 0 Å². The Morgan fingerprint density at radius 2 is 1.95 bits per heavy atom. The monoisotopic (exact) mass is 306 g/mol. The van der Waals surface area contributed by atoms with E-state index in [1.165, 1.54) is 23.9 Å². The van der Waals surface area contributed by atoms with Crippen molar-refractivity contribution in [2.24, 2.45) is 0 Å². The van der Waals surface area contributed by atoms with Crippen LogP contribution in [0.5, 0.6) is 0 Å². The van der Waals surface area contributed by atoms with E-state index in [9.17, 15) is 14.0 Å². The van der Waals surface area contributed by atoms with E-state index in [4.69, 9.17) is 5.11 Å². The summed E-state index contributed by atoms with van der Waals surface area (Å²) in [6, 6.07) is 5.92. The van der Waals surface area contributed by atoms with Crippen molar-refractivity contribution in [3.63, 3.8) is 0 Å². The van der Waals surface area contributed by atoms with Crippen molar-refractivity contribution < 1.29 is 19.1 Å². The summed E-state index contributed by atoms with van der Waals surface area (Å²) in [7, 11) is 1.38. The van der Waals surface area contributed by atoms with Gasteiger partial charge in [0, 0.05) is 7.05 Å². The van der Waals surface area contributed by atoms with Crippen LogP contribution < -0.4 is 0 Å². The van der Waals surface area contributed by atoms with Crippen LogP contribution in [-0.2, 0) is 11.3 Å². The first-order chi connectivity index (χ1) is 10.4. The van der Waals surface area contributed by atoms with Gasteiger partial charge in [-0.15, -0.1) is 5.10 Å². The van der Waals surface area contributed by atoms with Gasteiger partial charge in [-0.2, -0.15) is 0 Å². The summed E-state index contributed by atoms with van der Waals surface area (Å²) in [5.41, 5.74) is 1.43. The molecule has 0 unspecified atom stereocenters. The lowest BCUT2D eigenvalue weighted by molar-refractivity contribution is -0.137. The van der Waals surface area contributed by atoms with Crippen LogP contribution in [0.4, 0.5) is 4.39 Å². The largest absolute Gasteiger partial charge is 0.480 e. The quantitative estimate of drug-likeness (QED) is 0.888. The Bertz CT molecular complexity index is 697. The highest BCUT2D eigenvalue weighted by Crippen LogP contribution is 2.10. The highest BCUT2D eigenvalue weighted by Gasteiger charge is 2.21. The van der Waals surface area contributed by atoms with Gasteiger partial charge in [-0.05, 0) is 24.6 Å². The Morgan fingerprint density at radius 1 is 1.32 bits per heavy atom. The van der Waals surface area contributed by atoms with Gasteiger partial charge in [0.25, 0.3) is 5.91 Å². The van der Waals surface area contributed by atoms with E-state index in [1.807, 2.05) is 0 Å². The molecular weight excluding hydrogens is 291 g/mol. The third-order valence-electron chi connectivity index (χ3n) is 3.15. The smallest absolute Gasteiger partial charge is 0.323 e. The van der Waals surface area contributed by atoms with Gasteiger partial charge in [0.05, 0.1) is 12.2 Å². The SMILES string of the molecule is Cc1c(C(=O)N(C)CC(=O)O)nnn1Cc1ccc(F)cc1. The number of amides is 1. The molecule has 2 rings (SSSR count). The number of carbonyl (C=O) groups is 2. The average Bonchev–Trinajstić information content (AvgIpc) is 2.81. The van der Waals surface area contributed by atoms with Gasteiger partial charge in [0.2, 0.25) is 0 Å². The molecule has 1 amide bonds. The maximum absolute atomic E-state index is 12.9. The number of aromatic nitrogens is 3. The maximum Gasteiger partial charge on any atom is 0.323 e. The predicted octanol–water partition coefficient (Wildman–Crippen LogP) is 0.931. The summed E-state index contributed by atoms with van der Waals surface area (Å²) < 4.78 is 14.4. The van der Waals surface area contributed by atoms with Crippen molar-refractivity contribution in [2.75, 3.05) is 13.6 Å². The molecule has 1 heterocycles. The van der Waals surface area contributed by atoms with Gasteiger partial charge in [0.15, 0.2) is 5.69 Å². The Morgan fingerprint density at radius 3 is 2.55 bits per heavy atom. The number of carboxylic acids is 1. The molecular formula is C14H15FN4O3. The third kappa shape index (κ3) is 3.46. The molecule has 0 saturated heterocycles. The number of hydrogen-bond donors (Lipinski definition) is 1. The number of likely N-dealkylation sites (N-methyl/N-ethyl adjacent to an activating group) is 1. The summed E-state index contributed by atoms with van der Waals surface area (Å²) in [5.74, 6) is -1.94. The topological polar surface area (TPSA) is 88.3 Å². The summed E-state index contributed by atoms with van der Waals surface area (Å²) in [4.78, 5) is 23.8. The van der Waals surface area contributed by atoms with Crippen molar-refractivity contribution in [3.05, 3.63) is 47.0 Å². The minimum Gasteiger partial charge on any atom is -0.480 e. The van der Waals surface area contributed by atoms with Crippen LogP contribution in [0.2, 0.25) is 0 Å². The highest BCUT2D eigenvalue weighted by molar-refractivity contribution is 5.94. The molecule has 1 aromatic carbocycles. The van der Waals surface area contributed by atoms with E-state index in [1.54, 1.807) is 19.1 Å². The van der Waals surface area contributed by atoms with E-state index < -0.39 is 18.4 Å².